The number of nitrogens with one attached hydrogen (secondary N) is 1. The Morgan fingerprint density at radius 2 is 2.21 bits per heavy atom. The average Bonchev–Trinajstić information content (AvgIpc) is 3.13. The number of rotatable bonds is 6. The van der Waals surface area contributed by atoms with Crippen LogP contribution in [0.1, 0.15) is 22.3 Å². The highest BCUT2D eigenvalue weighted by Crippen LogP contribution is 2.20. The smallest absolute Gasteiger partial charge is 0.257 e. The molecule has 1 saturated heterocycles. The van der Waals surface area contributed by atoms with E-state index in [0.717, 1.165) is 17.7 Å². The summed E-state index contributed by atoms with van der Waals surface area (Å²) in [6.07, 6.45) is 2.36. The van der Waals surface area contributed by atoms with Crippen molar-refractivity contribution in [1.82, 2.24) is 10.3 Å². The number of hydrogen-bond donors (Lipinski definition) is 1. The molecule has 1 N–H and O–H groups in total. The van der Waals surface area contributed by atoms with E-state index in [1.54, 1.807) is 25.4 Å². The molecule has 0 saturated carbocycles. The van der Waals surface area contributed by atoms with Crippen molar-refractivity contribution in [3.8, 4) is 11.6 Å². The average molecular weight is 328 g/mol. The molecule has 0 spiro atoms. The Morgan fingerprint density at radius 3 is 3.00 bits per heavy atom. The maximum absolute atomic E-state index is 12.5. The minimum absolute atomic E-state index is 0.0549. The lowest BCUT2D eigenvalue weighted by Gasteiger charge is -2.14. The van der Waals surface area contributed by atoms with E-state index in [9.17, 15) is 4.79 Å². The molecule has 3 rings (SSSR count). The first kappa shape index (κ1) is 16.3. The van der Waals surface area contributed by atoms with Gasteiger partial charge in [0.2, 0.25) is 5.88 Å². The third-order valence-electron chi connectivity index (χ3n) is 3.81. The van der Waals surface area contributed by atoms with Crippen molar-refractivity contribution in [3.05, 3.63) is 53.7 Å². The van der Waals surface area contributed by atoms with E-state index in [1.165, 1.54) is 0 Å². The number of pyridine rings is 1. The fourth-order valence-electron chi connectivity index (χ4n) is 2.54. The van der Waals surface area contributed by atoms with Crippen LogP contribution in [0.5, 0.6) is 11.6 Å². The molecule has 1 atom stereocenters. The van der Waals surface area contributed by atoms with Crippen LogP contribution < -0.4 is 14.8 Å². The van der Waals surface area contributed by atoms with Gasteiger partial charge in [0, 0.05) is 24.7 Å². The number of nitrogens with zero attached hydrogens (tertiary/aromatic N) is 1. The van der Waals surface area contributed by atoms with E-state index in [2.05, 4.69) is 10.3 Å². The van der Waals surface area contributed by atoms with E-state index < -0.39 is 0 Å². The van der Waals surface area contributed by atoms with Gasteiger partial charge >= 0.3 is 0 Å². The fraction of sp³-hybridized carbons (Fsp3) is 0.333. The summed E-state index contributed by atoms with van der Waals surface area (Å²) in [7, 11) is 1.61. The van der Waals surface area contributed by atoms with Gasteiger partial charge in [0.15, 0.2) is 0 Å². The predicted molar refractivity (Wildman–Crippen MR) is 88.3 cm³/mol. The molecule has 1 amide bonds. The van der Waals surface area contributed by atoms with Crippen molar-refractivity contribution in [2.75, 3.05) is 20.3 Å². The summed E-state index contributed by atoms with van der Waals surface area (Å²) in [6, 6.07) is 11.0. The largest absolute Gasteiger partial charge is 0.496 e. The van der Waals surface area contributed by atoms with Crippen molar-refractivity contribution in [2.24, 2.45) is 0 Å². The number of amides is 1. The van der Waals surface area contributed by atoms with Gasteiger partial charge < -0.3 is 19.5 Å². The van der Waals surface area contributed by atoms with Gasteiger partial charge in [0.25, 0.3) is 5.91 Å². The Kier molecular flexibility index (Phi) is 5.28. The predicted octanol–water partition coefficient (Wildman–Crippen LogP) is 2.19. The normalized spacial score (nSPS) is 16.6. The molecule has 24 heavy (non-hydrogen) atoms. The summed E-state index contributed by atoms with van der Waals surface area (Å²) >= 11 is 0. The van der Waals surface area contributed by atoms with Crippen LogP contribution in [-0.2, 0) is 11.3 Å². The number of carbonyl (C=O) groups is 1. The van der Waals surface area contributed by atoms with Crippen LogP contribution in [-0.4, -0.2) is 37.3 Å². The van der Waals surface area contributed by atoms with Crippen molar-refractivity contribution in [1.29, 1.82) is 0 Å². The van der Waals surface area contributed by atoms with Gasteiger partial charge in [-0.25, -0.2) is 4.98 Å². The van der Waals surface area contributed by atoms with Crippen LogP contribution in [0.3, 0.4) is 0 Å². The maximum atomic E-state index is 12.5. The molecule has 2 aromatic rings. The topological polar surface area (TPSA) is 69.7 Å². The fourth-order valence-corrected chi connectivity index (χ4v) is 2.54. The number of carbonyl (C=O) groups excluding carboxylic acids is 1. The van der Waals surface area contributed by atoms with Gasteiger partial charge in [-0.2, -0.15) is 0 Å². The molecule has 1 aromatic carbocycles. The van der Waals surface area contributed by atoms with Gasteiger partial charge in [-0.15, -0.1) is 0 Å². The van der Waals surface area contributed by atoms with Crippen LogP contribution in [0.4, 0.5) is 0 Å². The molecule has 126 valence electrons. The van der Waals surface area contributed by atoms with Crippen LogP contribution in [0.25, 0.3) is 0 Å². The number of hydrogen-bond acceptors (Lipinski definition) is 5. The zero-order chi connectivity index (χ0) is 16.8. The molecule has 0 radical (unpaired) electrons. The number of aromatic nitrogens is 1. The molecular formula is C18H20N2O4. The second-order valence-electron chi connectivity index (χ2n) is 5.45. The molecular weight excluding hydrogens is 308 g/mol. The summed E-state index contributed by atoms with van der Waals surface area (Å²) in [4.78, 5) is 16.7. The molecule has 0 aliphatic carbocycles. The lowest BCUT2D eigenvalue weighted by molar-refractivity contribution is 0.0937. The van der Waals surface area contributed by atoms with Gasteiger partial charge in [-0.1, -0.05) is 18.2 Å². The van der Waals surface area contributed by atoms with Gasteiger partial charge in [0.1, 0.15) is 17.4 Å². The molecule has 1 aliphatic rings. The molecule has 6 nitrogen and oxygen atoms in total. The first-order chi connectivity index (χ1) is 11.8. The summed E-state index contributed by atoms with van der Waals surface area (Å²) in [5.41, 5.74) is 1.32. The van der Waals surface area contributed by atoms with Gasteiger partial charge in [0.05, 0.1) is 20.3 Å². The van der Waals surface area contributed by atoms with Crippen LogP contribution in [0.2, 0.25) is 0 Å². The number of benzene rings is 1. The quantitative estimate of drug-likeness (QED) is 0.880. The summed E-state index contributed by atoms with van der Waals surface area (Å²) in [5, 5.41) is 2.89. The second-order valence-corrected chi connectivity index (χ2v) is 5.45. The lowest BCUT2D eigenvalue weighted by atomic mass is 10.2. The van der Waals surface area contributed by atoms with Crippen molar-refractivity contribution in [2.45, 2.75) is 19.1 Å². The Hall–Kier alpha value is -2.60. The molecule has 1 fully saturated rings. The molecule has 1 unspecified atom stereocenters. The van der Waals surface area contributed by atoms with Crippen molar-refractivity contribution in [3.63, 3.8) is 0 Å². The molecule has 0 bridgehead atoms. The van der Waals surface area contributed by atoms with E-state index in [4.69, 9.17) is 14.2 Å². The number of ether oxygens (including phenoxy) is 3. The monoisotopic (exact) mass is 328 g/mol. The standard InChI is InChI=1S/C18H20N2O4/c1-22-16-7-3-2-5-13(16)11-20-17(21)15-6-4-9-19-18(15)24-14-8-10-23-12-14/h2-7,9,14H,8,10-12H2,1H3,(H,20,21). The third kappa shape index (κ3) is 3.83. The van der Waals surface area contributed by atoms with E-state index in [1.807, 2.05) is 24.3 Å². The SMILES string of the molecule is COc1ccccc1CNC(=O)c1cccnc1OC1CCOC1. The molecule has 1 aliphatic heterocycles. The number of methoxy groups -OCH3 is 1. The highest BCUT2D eigenvalue weighted by molar-refractivity contribution is 5.96. The summed E-state index contributed by atoms with van der Waals surface area (Å²) in [5.74, 6) is 0.844. The van der Waals surface area contributed by atoms with Crippen LogP contribution >= 0.6 is 0 Å². The van der Waals surface area contributed by atoms with Gasteiger partial charge in [-0.3, -0.25) is 4.79 Å². The molecule has 1 aromatic heterocycles. The summed E-state index contributed by atoms with van der Waals surface area (Å²) < 4.78 is 16.4. The molecule has 2 heterocycles. The van der Waals surface area contributed by atoms with Crippen LogP contribution in [0, 0.1) is 0 Å². The van der Waals surface area contributed by atoms with Crippen molar-refractivity contribution < 1.29 is 19.0 Å². The third-order valence-corrected chi connectivity index (χ3v) is 3.81. The Balaban J connectivity index is 1.68. The zero-order valence-electron chi connectivity index (χ0n) is 13.5. The highest BCUT2D eigenvalue weighted by Gasteiger charge is 2.21. The first-order valence-electron chi connectivity index (χ1n) is 7.87. The minimum atomic E-state index is -0.233. The maximum Gasteiger partial charge on any atom is 0.257 e. The van der Waals surface area contributed by atoms with Crippen molar-refractivity contribution >= 4 is 5.91 Å². The van der Waals surface area contributed by atoms with E-state index in [-0.39, 0.29) is 12.0 Å². The summed E-state index contributed by atoms with van der Waals surface area (Å²) in [6.45, 7) is 1.56. The molecule has 6 heteroatoms. The number of para-hydroxylation sites is 1. The zero-order valence-corrected chi connectivity index (χ0v) is 13.5. The minimum Gasteiger partial charge on any atom is -0.496 e. The Morgan fingerprint density at radius 1 is 1.33 bits per heavy atom. The Bertz CT molecular complexity index is 699. The highest BCUT2D eigenvalue weighted by atomic mass is 16.5. The Labute approximate surface area is 140 Å². The van der Waals surface area contributed by atoms with E-state index in [0.29, 0.717) is 31.2 Å². The lowest BCUT2D eigenvalue weighted by Crippen LogP contribution is -2.25. The second kappa shape index (κ2) is 7.79. The first-order valence-corrected chi connectivity index (χ1v) is 7.87. The van der Waals surface area contributed by atoms with Gasteiger partial charge in [-0.05, 0) is 18.2 Å². The van der Waals surface area contributed by atoms with E-state index >= 15 is 0 Å². The van der Waals surface area contributed by atoms with Crippen LogP contribution in [0.15, 0.2) is 42.6 Å².